The molecule has 1 atom stereocenters. The molecule has 3 rings (SSSR count). The van der Waals surface area contributed by atoms with Crippen LogP contribution < -0.4 is 0 Å². The SMILES string of the molecule is FS(F)(F)(F)(F)c1ccc(-n2cc(C3CCOC3)nn2)cc1. The van der Waals surface area contributed by atoms with Crippen molar-refractivity contribution >= 4 is 10.2 Å². The first-order chi connectivity index (χ1) is 10.0. The van der Waals surface area contributed by atoms with Crippen molar-refractivity contribution in [3.05, 3.63) is 36.2 Å². The molecular formula is C12H12F5N3OS. The number of benzene rings is 1. The highest BCUT2D eigenvalue weighted by atomic mass is 32.5. The molecule has 1 unspecified atom stereocenters. The molecule has 1 fully saturated rings. The topological polar surface area (TPSA) is 39.9 Å². The predicted octanol–water partition coefficient (Wildman–Crippen LogP) is 4.43. The van der Waals surface area contributed by atoms with Gasteiger partial charge in [-0.05, 0) is 30.7 Å². The quantitative estimate of drug-likeness (QED) is 0.776. The standard InChI is InChI=1S/C12H12F5N3OS/c13-22(14,15,16,17)11-3-1-10(2-4-11)20-7-12(18-19-20)9-5-6-21-8-9/h1-4,7,9H,5-6,8H2. The lowest BCUT2D eigenvalue weighted by Crippen LogP contribution is -2.06. The lowest BCUT2D eigenvalue weighted by atomic mass is 10.1. The number of aromatic nitrogens is 3. The van der Waals surface area contributed by atoms with Crippen molar-refractivity contribution in [2.24, 2.45) is 0 Å². The van der Waals surface area contributed by atoms with Crippen LogP contribution in [0.15, 0.2) is 35.4 Å². The third kappa shape index (κ3) is 3.07. The molecule has 1 aliphatic rings. The summed E-state index contributed by atoms with van der Waals surface area (Å²) in [4.78, 5) is -1.92. The van der Waals surface area contributed by atoms with Crippen LogP contribution in [0.2, 0.25) is 0 Å². The second-order valence-corrected chi connectivity index (χ2v) is 7.52. The number of rotatable bonds is 3. The number of hydrogen-bond acceptors (Lipinski definition) is 3. The third-order valence-electron chi connectivity index (χ3n) is 3.41. The van der Waals surface area contributed by atoms with E-state index < -0.39 is 15.1 Å². The summed E-state index contributed by atoms with van der Waals surface area (Å²) in [6.45, 7) is 1.14. The van der Waals surface area contributed by atoms with Gasteiger partial charge in [0.1, 0.15) is 4.90 Å². The first-order valence-corrected chi connectivity index (χ1v) is 8.32. The highest BCUT2D eigenvalue weighted by Gasteiger charge is 2.65. The number of nitrogens with zero attached hydrogens (tertiary/aromatic N) is 3. The van der Waals surface area contributed by atoms with E-state index in [1.165, 1.54) is 4.68 Å². The van der Waals surface area contributed by atoms with Crippen LogP contribution in [0.3, 0.4) is 0 Å². The summed E-state index contributed by atoms with van der Waals surface area (Å²) in [5.41, 5.74) is 0.887. The van der Waals surface area contributed by atoms with Crippen molar-refractivity contribution < 1.29 is 24.2 Å². The minimum atomic E-state index is -9.64. The van der Waals surface area contributed by atoms with Gasteiger partial charge in [-0.25, -0.2) is 4.68 Å². The minimum absolute atomic E-state index is 0.0951. The molecule has 22 heavy (non-hydrogen) atoms. The molecule has 1 aliphatic heterocycles. The molecule has 1 saturated heterocycles. The highest BCUT2D eigenvalue weighted by Crippen LogP contribution is 3.02. The molecule has 1 aromatic heterocycles. The van der Waals surface area contributed by atoms with E-state index in [9.17, 15) is 19.4 Å². The van der Waals surface area contributed by atoms with E-state index in [0.717, 1.165) is 18.6 Å². The first-order valence-electron chi connectivity index (χ1n) is 6.37. The monoisotopic (exact) mass is 341 g/mol. The number of ether oxygens (including phenoxy) is 1. The van der Waals surface area contributed by atoms with E-state index in [4.69, 9.17) is 4.74 Å². The fraction of sp³-hybridized carbons (Fsp3) is 0.333. The fourth-order valence-corrected chi connectivity index (χ4v) is 2.86. The Kier molecular flexibility index (Phi) is 2.90. The first kappa shape index (κ1) is 15.2. The van der Waals surface area contributed by atoms with Crippen LogP contribution in [-0.4, -0.2) is 28.2 Å². The average molecular weight is 341 g/mol. The Balaban J connectivity index is 1.88. The van der Waals surface area contributed by atoms with Crippen LogP contribution in [0.5, 0.6) is 0 Å². The summed E-state index contributed by atoms with van der Waals surface area (Å²) in [6, 6.07) is 2.60. The van der Waals surface area contributed by atoms with Gasteiger partial charge in [-0.3, -0.25) is 0 Å². The normalized spacial score (nSPS) is 22.3. The van der Waals surface area contributed by atoms with Crippen LogP contribution in [0.1, 0.15) is 18.0 Å². The summed E-state index contributed by atoms with van der Waals surface area (Å²) >= 11 is 0. The Bertz CT molecular complexity index is 692. The van der Waals surface area contributed by atoms with Gasteiger partial charge >= 0.3 is 10.2 Å². The summed E-state index contributed by atoms with van der Waals surface area (Å²) in [7, 11) is -9.64. The molecule has 0 radical (unpaired) electrons. The number of hydrogen-bond donors (Lipinski definition) is 0. The Hall–Kier alpha value is -1.68. The van der Waals surface area contributed by atoms with Crippen molar-refractivity contribution in [2.75, 3.05) is 13.2 Å². The fourth-order valence-electron chi connectivity index (χ4n) is 2.21. The van der Waals surface area contributed by atoms with Crippen LogP contribution >= 0.6 is 10.2 Å². The molecule has 2 aromatic rings. The van der Waals surface area contributed by atoms with Crippen LogP contribution in [0.25, 0.3) is 5.69 Å². The zero-order valence-corrected chi connectivity index (χ0v) is 11.9. The van der Waals surface area contributed by atoms with Crippen molar-refractivity contribution in [2.45, 2.75) is 17.2 Å². The summed E-state index contributed by atoms with van der Waals surface area (Å²) in [5, 5.41) is 7.75. The molecule has 4 nitrogen and oxygen atoms in total. The Morgan fingerprint density at radius 3 is 2.32 bits per heavy atom. The van der Waals surface area contributed by atoms with E-state index in [-0.39, 0.29) is 11.6 Å². The second kappa shape index (κ2) is 4.19. The molecule has 0 spiro atoms. The Morgan fingerprint density at radius 1 is 1.09 bits per heavy atom. The molecular weight excluding hydrogens is 329 g/mol. The molecule has 0 saturated carbocycles. The van der Waals surface area contributed by atoms with Gasteiger partial charge < -0.3 is 4.74 Å². The van der Waals surface area contributed by atoms with Gasteiger partial charge in [0.15, 0.2) is 0 Å². The highest BCUT2D eigenvalue weighted by molar-refractivity contribution is 8.45. The largest absolute Gasteiger partial charge is 0.381 e. The molecule has 0 N–H and O–H groups in total. The predicted molar refractivity (Wildman–Crippen MR) is 70.9 cm³/mol. The van der Waals surface area contributed by atoms with Gasteiger partial charge in [0, 0.05) is 12.5 Å². The molecule has 0 amide bonds. The lowest BCUT2D eigenvalue weighted by Gasteiger charge is -2.40. The van der Waals surface area contributed by atoms with Gasteiger partial charge in [0.25, 0.3) is 0 Å². The van der Waals surface area contributed by atoms with E-state index in [1.54, 1.807) is 6.20 Å². The zero-order valence-electron chi connectivity index (χ0n) is 11.1. The Morgan fingerprint density at radius 2 is 1.77 bits per heavy atom. The molecule has 122 valence electrons. The average Bonchev–Trinajstić information content (AvgIpc) is 3.07. The summed E-state index contributed by atoms with van der Waals surface area (Å²) < 4.78 is 69.7. The van der Waals surface area contributed by atoms with Crippen molar-refractivity contribution in [1.29, 1.82) is 0 Å². The van der Waals surface area contributed by atoms with Crippen molar-refractivity contribution in [3.63, 3.8) is 0 Å². The van der Waals surface area contributed by atoms with E-state index in [1.807, 2.05) is 0 Å². The molecule has 10 heteroatoms. The second-order valence-electron chi connectivity index (χ2n) is 5.11. The molecule has 2 heterocycles. The maximum Gasteiger partial charge on any atom is 0.310 e. The van der Waals surface area contributed by atoms with E-state index >= 15 is 0 Å². The zero-order chi connectivity index (χ0) is 16.1. The molecule has 0 aliphatic carbocycles. The van der Waals surface area contributed by atoms with E-state index in [2.05, 4.69) is 10.3 Å². The maximum atomic E-state index is 12.6. The van der Waals surface area contributed by atoms with Crippen molar-refractivity contribution in [3.8, 4) is 5.69 Å². The van der Waals surface area contributed by atoms with Crippen LogP contribution in [-0.2, 0) is 4.74 Å². The van der Waals surface area contributed by atoms with Gasteiger partial charge in [-0.2, -0.15) is 0 Å². The molecule has 0 bridgehead atoms. The smallest absolute Gasteiger partial charge is 0.310 e. The number of halogens is 5. The van der Waals surface area contributed by atoms with Gasteiger partial charge in [0.05, 0.1) is 24.2 Å². The third-order valence-corrected chi connectivity index (χ3v) is 4.57. The minimum Gasteiger partial charge on any atom is -0.381 e. The maximum absolute atomic E-state index is 12.6. The summed E-state index contributed by atoms with van der Waals surface area (Å²) in [5.74, 6) is 0.0951. The van der Waals surface area contributed by atoms with Gasteiger partial charge in [0.2, 0.25) is 0 Å². The van der Waals surface area contributed by atoms with E-state index in [0.29, 0.717) is 31.0 Å². The van der Waals surface area contributed by atoms with Gasteiger partial charge in [-0.1, -0.05) is 24.6 Å². The van der Waals surface area contributed by atoms with Gasteiger partial charge in [-0.15, -0.1) is 5.10 Å². The van der Waals surface area contributed by atoms with Crippen LogP contribution in [0, 0.1) is 0 Å². The Labute approximate surface area is 122 Å². The lowest BCUT2D eigenvalue weighted by molar-refractivity contribution is 0.193. The van der Waals surface area contributed by atoms with Crippen LogP contribution in [0.4, 0.5) is 19.4 Å². The summed E-state index contributed by atoms with van der Waals surface area (Å²) in [6.07, 6.45) is 2.36. The van der Waals surface area contributed by atoms with Crippen molar-refractivity contribution in [1.82, 2.24) is 15.0 Å². The molecule has 1 aromatic carbocycles.